The van der Waals surface area contributed by atoms with E-state index >= 15 is 0 Å². The molecule has 2 aliphatic rings. The number of hydrogen-bond donors (Lipinski definition) is 4. The molecular weight excluding hydrogens is 542 g/mol. The first-order valence-electron chi connectivity index (χ1n) is 14.5. The SMILES string of the molecule is COc1cccc2[nH]c(C(=O)N[C@@H](CC(C)C)C(=O)N[C@@H](C[C@@H]3CCNC3=O)C(=O)COC(=O)[C@@H]3CCCN3C)cc12. The van der Waals surface area contributed by atoms with E-state index in [0.717, 1.165) is 18.4 Å². The molecule has 1 aromatic carbocycles. The van der Waals surface area contributed by atoms with Gasteiger partial charge in [0.15, 0.2) is 12.4 Å². The van der Waals surface area contributed by atoms with Gasteiger partial charge in [-0.2, -0.15) is 0 Å². The Morgan fingerprint density at radius 3 is 2.55 bits per heavy atom. The summed E-state index contributed by atoms with van der Waals surface area (Å²) in [5, 5.41) is 9.03. The quantitative estimate of drug-likeness (QED) is 0.259. The number of aromatic amines is 1. The molecule has 4 N–H and O–H groups in total. The van der Waals surface area contributed by atoms with Crippen LogP contribution in [-0.4, -0.2) is 91.3 Å². The Morgan fingerprint density at radius 2 is 1.90 bits per heavy atom. The van der Waals surface area contributed by atoms with E-state index in [1.165, 1.54) is 0 Å². The molecule has 0 aliphatic carbocycles. The van der Waals surface area contributed by atoms with Gasteiger partial charge >= 0.3 is 5.97 Å². The molecule has 2 saturated heterocycles. The minimum absolute atomic E-state index is 0.0444. The highest BCUT2D eigenvalue weighted by Gasteiger charge is 2.35. The van der Waals surface area contributed by atoms with Crippen LogP contribution in [0.15, 0.2) is 24.3 Å². The minimum atomic E-state index is -1.07. The first-order chi connectivity index (χ1) is 20.1. The normalized spacial score (nSPS) is 20.3. The van der Waals surface area contributed by atoms with Crippen LogP contribution >= 0.6 is 0 Å². The first kappa shape index (κ1) is 31.0. The van der Waals surface area contributed by atoms with Gasteiger partial charge in [-0.3, -0.25) is 28.9 Å². The van der Waals surface area contributed by atoms with E-state index in [4.69, 9.17) is 9.47 Å². The second-order valence-corrected chi connectivity index (χ2v) is 11.5. The number of carbonyl (C=O) groups excluding carboxylic acids is 5. The molecule has 42 heavy (non-hydrogen) atoms. The number of ketones is 1. The Hall–Kier alpha value is -3.93. The highest BCUT2D eigenvalue weighted by atomic mass is 16.5. The number of nitrogens with zero attached hydrogens (tertiary/aromatic N) is 1. The lowest BCUT2D eigenvalue weighted by Crippen LogP contribution is -2.53. The smallest absolute Gasteiger partial charge is 0.323 e. The fraction of sp³-hybridized carbons (Fsp3) is 0.567. The van der Waals surface area contributed by atoms with Crippen molar-refractivity contribution in [3.63, 3.8) is 0 Å². The number of aromatic nitrogens is 1. The van der Waals surface area contributed by atoms with E-state index in [2.05, 4.69) is 20.9 Å². The summed E-state index contributed by atoms with van der Waals surface area (Å²) in [7, 11) is 3.38. The monoisotopic (exact) mass is 583 g/mol. The molecule has 12 nitrogen and oxygen atoms in total. The number of amides is 3. The number of ether oxygens (including phenoxy) is 2. The molecular formula is C30H41N5O7. The third-order valence-electron chi connectivity index (χ3n) is 7.95. The summed E-state index contributed by atoms with van der Waals surface area (Å²) in [5.74, 6) is -2.02. The van der Waals surface area contributed by atoms with Crippen molar-refractivity contribution >= 4 is 40.4 Å². The summed E-state index contributed by atoms with van der Waals surface area (Å²) in [6.07, 6.45) is 2.44. The van der Waals surface area contributed by atoms with Crippen molar-refractivity contribution in [2.75, 3.05) is 33.9 Å². The van der Waals surface area contributed by atoms with Gasteiger partial charge in [0.1, 0.15) is 23.5 Å². The number of Topliss-reactive ketones (excluding diaryl/α,β-unsaturated/α-hetero) is 1. The van der Waals surface area contributed by atoms with E-state index in [1.54, 1.807) is 25.3 Å². The Bertz CT molecular complexity index is 1320. The molecule has 3 amide bonds. The van der Waals surface area contributed by atoms with Crippen LogP contribution in [0, 0.1) is 11.8 Å². The third kappa shape index (κ3) is 7.47. The van der Waals surface area contributed by atoms with E-state index in [9.17, 15) is 24.0 Å². The maximum absolute atomic E-state index is 13.6. The fourth-order valence-corrected chi connectivity index (χ4v) is 5.61. The van der Waals surface area contributed by atoms with Crippen LogP contribution in [0.3, 0.4) is 0 Å². The lowest BCUT2D eigenvalue weighted by atomic mass is 9.95. The predicted octanol–water partition coefficient (Wildman–Crippen LogP) is 1.54. The zero-order valence-corrected chi connectivity index (χ0v) is 24.7. The summed E-state index contributed by atoms with van der Waals surface area (Å²) in [6.45, 7) is 4.60. The molecule has 228 valence electrons. The van der Waals surface area contributed by atoms with Crippen LogP contribution in [0.5, 0.6) is 5.75 Å². The second kappa shape index (κ2) is 13.8. The van der Waals surface area contributed by atoms with Crippen molar-refractivity contribution in [1.29, 1.82) is 0 Å². The molecule has 2 aliphatic heterocycles. The highest BCUT2D eigenvalue weighted by molar-refractivity contribution is 6.02. The number of carbonyl (C=O) groups is 5. The Balaban J connectivity index is 1.47. The minimum Gasteiger partial charge on any atom is -0.496 e. The van der Waals surface area contributed by atoms with Crippen LogP contribution in [0.4, 0.5) is 0 Å². The fourth-order valence-electron chi connectivity index (χ4n) is 5.61. The Kier molecular flexibility index (Phi) is 10.2. The van der Waals surface area contributed by atoms with Gasteiger partial charge in [-0.05, 0) is 69.8 Å². The molecule has 3 heterocycles. The summed E-state index contributed by atoms with van der Waals surface area (Å²) >= 11 is 0. The second-order valence-electron chi connectivity index (χ2n) is 11.5. The number of likely N-dealkylation sites (N-methyl/N-ethyl adjacent to an activating group) is 1. The molecule has 1 aromatic heterocycles. The van der Waals surface area contributed by atoms with Crippen LogP contribution in [0.1, 0.15) is 56.4 Å². The van der Waals surface area contributed by atoms with Crippen LogP contribution in [0.2, 0.25) is 0 Å². The molecule has 4 rings (SSSR count). The van der Waals surface area contributed by atoms with Crippen LogP contribution in [-0.2, 0) is 23.9 Å². The molecule has 0 spiro atoms. The lowest BCUT2D eigenvalue weighted by Gasteiger charge is -2.25. The van der Waals surface area contributed by atoms with Gasteiger partial charge in [-0.25, -0.2) is 0 Å². The van der Waals surface area contributed by atoms with Gasteiger partial charge < -0.3 is 30.4 Å². The van der Waals surface area contributed by atoms with Crippen LogP contribution in [0.25, 0.3) is 10.9 Å². The van der Waals surface area contributed by atoms with Crippen molar-refractivity contribution in [2.45, 2.75) is 64.1 Å². The topological polar surface area (TPSA) is 159 Å². The van der Waals surface area contributed by atoms with Crippen molar-refractivity contribution in [1.82, 2.24) is 25.8 Å². The number of fused-ring (bicyclic) bond motifs is 1. The van der Waals surface area contributed by atoms with Crippen molar-refractivity contribution < 1.29 is 33.4 Å². The largest absolute Gasteiger partial charge is 0.496 e. The van der Waals surface area contributed by atoms with Crippen molar-refractivity contribution in [3.8, 4) is 5.75 Å². The number of hydrogen-bond acceptors (Lipinski definition) is 8. The maximum Gasteiger partial charge on any atom is 0.323 e. The number of rotatable bonds is 13. The van der Waals surface area contributed by atoms with Gasteiger partial charge in [0.2, 0.25) is 11.8 Å². The summed E-state index contributed by atoms with van der Waals surface area (Å²) in [6, 6.07) is 4.66. The summed E-state index contributed by atoms with van der Waals surface area (Å²) in [4.78, 5) is 69.9. The van der Waals surface area contributed by atoms with E-state index in [0.29, 0.717) is 37.1 Å². The summed E-state index contributed by atoms with van der Waals surface area (Å²) in [5.41, 5.74) is 0.971. The molecule has 0 unspecified atom stereocenters. The molecule has 2 fully saturated rings. The number of esters is 1. The van der Waals surface area contributed by atoms with Gasteiger partial charge in [-0.15, -0.1) is 0 Å². The molecule has 0 bridgehead atoms. The standard InChI is InChI=1S/C30H41N5O7/c1-17(2)13-22(34-29(39)23-15-19-20(32-23)7-5-9-26(19)41-4)28(38)33-21(14-18-10-11-31-27(18)37)25(36)16-42-30(40)24-8-6-12-35(24)3/h5,7,9,15,17-18,21-22,24,32H,6,8,10-14,16H2,1-4H3,(H,31,37)(H,33,38)(H,34,39)/t18-,21-,22-,24-/m0/s1. The molecule has 0 saturated carbocycles. The summed E-state index contributed by atoms with van der Waals surface area (Å²) < 4.78 is 10.7. The Morgan fingerprint density at radius 1 is 1.12 bits per heavy atom. The van der Waals surface area contributed by atoms with Crippen LogP contribution < -0.4 is 20.7 Å². The first-order valence-corrected chi connectivity index (χ1v) is 14.5. The van der Waals surface area contributed by atoms with Gasteiger partial charge in [0.05, 0.1) is 13.2 Å². The van der Waals surface area contributed by atoms with E-state index in [1.807, 2.05) is 31.9 Å². The highest BCUT2D eigenvalue weighted by Crippen LogP contribution is 2.26. The molecule has 0 radical (unpaired) electrons. The molecule has 2 aromatic rings. The number of H-pyrrole nitrogens is 1. The zero-order valence-electron chi connectivity index (χ0n) is 24.7. The lowest BCUT2D eigenvalue weighted by molar-refractivity contribution is -0.152. The van der Waals surface area contributed by atoms with E-state index < -0.39 is 54.2 Å². The number of nitrogens with one attached hydrogen (secondary N) is 4. The van der Waals surface area contributed by atoms with Crippen molar-refractivity contribution in [3.05, 3.63) is 30.0 Å². The van der Waals surface area contributed by atoms with Gasteiger partial charge in [0.25, 0.3) is 5.91 Å². The van der Waals surface area contributed by atoms with E-state index in [-0.39, 0.29) is 23.9 Å². The average molecular weight is 584 g/mol. The molecule has 4 atom stereocenters. The maximum atomic E-state index is 13.6. The molecule has 12 heteroatoms. The zero-order chi connectivity index (χ0) is 30.4. The number of methoxy groups -OCH3 is 1. The van der Waals surface area contributed by atoms with Gasteiger partial charge in [-0.1, -0.05) is 19.9 Å². The predicted molar refractivity (Wildman–Crippen MR) is 155 cm³/mol. The number of likely N-dealkylation sites (tertiary alicyclic amines) is 1. The number of benzene rings is 1. The van der Waals surface area contributed by atoms with Gasteiger partial charge in [0, 0.05) is 23.4 Å². The third-order valence-corrected chi connectivity index (χ3v) is 7.95. The average Bonchev–Trinajstić information content (AvgIpc) is 3.70. The van der Waals surface area contributed by atoms with Crippen molar-refractivity contribution in [2.24, 2.45) is 11.8 Å². The Labute approximate surface area is 245 Å².